The van der Waals surface area contributed by atoms with Crippen molar-refractivity contribution in [1.82, 2.24) is 25.1 Å². The summed E-state index contributed by atoms with van der Waals surface area (Å²) in [5.41, 5.74) is 9.08. The van der Waals surface area contributed by atoms with Crippen LogP contribution in [0.3, 0.4) is 0 Å². The van der Waals surface area contributed by atoms with Gasteiger partial charge in [-0.2, -0.15) is 16.4 Å². The lowest BCUT2D eigenvalue weighted by atomic mass is 9.87. The maximum absolute atomic E-state index is 12.7. The molecule has 0 radical (unpaired) electrons. The molecule has 5 heterocycles. The number of nitrogens with one attached hydrogen (secondary N) is 3. The van der Waals surface area contributed by atoms with Crippen LogP contribution < -0.4 is 5.32 Å². The van der Waals surface area contributed by atoms with Gasteiger partial charge in [-0.25, -0.2) is 4.98 Å². The lowest BCUT2D eigenvalue weighted by Crippen LogP contribution is -2.18. The van der Waals surface area contributed by atoms with Crippen LogP contribution >= 0.6 is 11.3 Å². The van der Waals surface area contributed by atoms with E-state index in [1.807, 2.05) is 18.2 Å². The van der Waals surface area contributed by atoms with E-state index in [0.29, 0.717) is 18.0 Å². The normalized spacial score (nSPS) is 14.3. The third-order valence-corrected chi connectivity index (χ3v) is 8.36. The van der Waals surface area contributed by atoms with E-state index in [1.165, 1.54) is 30.4 Å². The van der Waals surface area contributed by atoms with E-state index < -0.39 is 0 Å². The average Bonchev–Trinajstić information content (AvgIpc) is 3.73. The molecular weight excluding hydrogens is 504 g/mol. The minimum Gasteiger partial charge on any atom is -0.353 e. The summed E-state index contributed by atoms with van der Waals surface area (Å²) in [6, 6.07) is 16.5. The summed E-state index contributed by atoms with van der Waals surface area (Å²) in [5, 5.41) is 16.2. The molecular formula is C31H28N6OS. The summed E-state index contributed by atoms with van der Waals surface area (Å²) >= 11 is 1.69. The second kappa shape index (κ2) is 10.1. The van der Waals surface area contributed by atoms with Crippen LogP contribution in [0.15, 0.2) is 71.7 Å². The fourth-order valence-corrected chi connectivity index (χ4v) is 6.37. The predicted octanol–water partition coefficient (Wildman–Crippen LogP) is 7.81. The smallest absolute Gasteiger partial charge is 0.224 e. The number of rotatable bonds is 6. The van der Waals surface area contributed by atoms with E-state index in [1.54, 1.807) is 23.7 Å². The van der Waals surface area contributed by atoms with Gasteiger partial charge in [0.05, 0.1) is 28.8 Å². The van der Waals surface area contributed by atoms with Crippen molar-refractivity contribution in [3.05, 3.63) is 71.7 Å². The van der Waals surface area contributed by atoms with E-state index in [0.717, 1.165) is 57.4 Å². The highest BCUT2D eigenvalue weighted by Crippen LogP contribution is 2.35. The molecule has 1 aliphatic carbocycles. The summed E-state index contributed by atoms with van der Waals surface area (Å²) in [6.45, 7) is 0. The molecule has 1 aliphatic rings. The van der Waals surface area contributed by atoms with Crippen LogP contribution in [-0.4, -0.2) is 31.1 Å². The van der Waals surface area contributed by atoms with Gasteiger partial charge in [0.1, 0.15) is 11.2 Å². The maximum atomic E-state index is 12.7. The third kappa shape index (κ3) is 4.72. The molecule has 1 saturated carbocycles. The molecule has 5 aromatic heterocycles. The van der Waals surface area contributed by atoms with Crippen LogP contribution in [0.2, 0.25) is 0 Å². The number of aromatic nitrogens is 5. The molecule has 0 aliphatic heterocycles. The Kier molecular flexibility index (Phi) is 6.17. The molecule has 194 valence electrons. The van der Waals surface area contributed by atoms with Gasteiger partial charge in [-0.05, 0) is 77.0 Å². The van der Waals surface area contributed by atoms with Crippen LogP contribution in [-0.2, 0) is 4.79 Å². The predicted molar refractivity (Wildman–Crippen MR) is 158 cm³/mol. The Balaban J connectivity index is 1.19. The molecule has 7 rings (SSSR count). The molecule has 0 atom stereocenters. The van der Waals surface area contributed by atoms with Gasteiger partial charge in [-0.3, -0.25) is 14.9 Å². The van der Waals surface area contributed by atoms with Crippen LogP contribution in [0, 0.1) is 5.92 Å². The fourth-order valence-electron chi connectivity index (χ4n) is 5.71. The number of benzene rings is 1. The van der Waals surface area contributed by atoms with E-state index in [-0.39, 0.29) is 5.91 Å². The van der Waals surface area contributed by atoms with E-state index in [2.05, 4.69) is 66.6 Å². The Morgan fingerprint density at radius 1 is 1.00 bits per heavy atom. The van der Waals surface area contributed by atoms with Crippen molar-refractivity contribution in [2.45, 2.75) is 38.5 Å². The number of carbonyl (C=O) groups excluding carboxylic acids is 1. The molecule has 1 aromatic carbocycles. The first-order chi connectivity index (χ1) is 19.2. The topological polar surface area (TPSA) is 99.4 Å². The van der Waals surface area contributed by atoms with Crippen molar-refractivity contribution in [3.63, 3.8) is 0 Å². The third-order valence-electron chi connectivity index (χ3n) is 7.68. The number of nitrogens with zero attached hydrogens (tertiary/aromatic N) is 3. The number of carbonyl (C=O) groups is 1. The number of amides is 1. The van der Waals surface area contributed by atoms with Crippen LogP contribution in [0.5, 0.6) is 0 Å². The lowest BCUT2D eigenvalue weighted by molar-refractivity contribution is -0.117. The molecule has 6 aromatic rings. The highest BCUT2D eigenvalue weighted by Gasteiger charge is 2.18. The minimum absolute atomic E-state index is 0.0574. The molecule has 0 unspecified atom stereocenters. The first-order valence-electron chi connectivity index (χ1n) is 13.5. The molecule has 0 saturated heterocycles. The van der Waals surface area contributed by atoms with Crippen molar-refractivity contribution in [3.8, 4) is 33.8 Å². The number of anilines is 1. The Morgan fingerprint density at radius 2 is 1.92 bits per heavy atom. The maximum Gasteiger partial charge on any atom is 0.224 e. The van der Waals surface area contributed by atoms with Crippen molar-refractivity contribution >= 4 is 44.9 Å². The fraction of sp³-hybridized carbons (Fsp3) is 0.226. The molecule has 0 spiro atoms. The average molecular weight is 533 g/mol. The van der Waals surface area contributed by atoms with Gasteiger partial charge in [0.25, 0.3) is 0 Å². The van der Waals surface area contributed by atoms with Crippen molar-refractivity contribution < 1.29 is 4.79 Å². The molecule has 1 fully saturated rings. The molecule has 8 heteroatoms. The molecule has 39 heavy (non-hydrogen) atoms. The molecule has 7 nitrogen and oxygen atoms in total. The highest BCUT2D eigenvalue weighted by molar-refractivity contribution is 7.08. The van der Waals surface area contributed by atoms with Gasteiger partial charge in [-0.15, -0.1) is 0 Å². The van der Waals surface area contributed by atoms with E-state index in [4.69, 9.17) is 4.98 Å². The van der Waals surface area contributed by atoms with Gasteiger partial charge in [0, 0.05) is 29.1 Å². The number of fused-ring (bicyclic) bond motifs is 2. The summed E-state index contributed by atoms with van der Waals surface area (Å²) in [5.74, 6) is 0.548. The molecule has 1 amide bonds. The van der Waals surface area contributed by atoms with Crippen molar-refractivity contribution in [2.24, 2.45) is 5.92 Å². The molecule has 0 bridgehead atoms. The second-order valence-corrected chi connectivity index (χ2v) is 11.1. The Bertz CT molecular complexity index is 1780. The quantitative estimate of drug-likeness (QED) is 0.204. The zero-order chi connectivity index (χ0) is 26.2. The van der Waals surface area contributed by atoms with Crippen LogP contribution in [0.25, 0.3) is 55.7 Å². The minimum atomic E-state index is 0.0574. The Labute approximate surface area is 229 Å². The van der Waals surface area contributed by atoms with E-state index in [9.17, 15) is 4.79 Å². The SMILES string of the molecule is O=C(CC1CCCCC1)Nc1cncc(-c2ccc3[nH]nc(-c4cc5c(-c6ccsc6)cccc5[nH]4)c3n2)c1. The van der Waals surface area contributed by atoms with Crippen molar-refractivity contribution in [1.29, 1.82) is 0 Å². The number of pyridine rings is 2. The second-order valence-electron chi connectivity index (χ2n) is 10.3. The number of aromatic amines is 2. The monoisotopic (exact) mass is 532 g/mol. The standard InChI is InChI=1S/C31H28N6OS/c38-29(13-19-5-2-1-3-6-19)33-22-14-21(16-32-17-22)25-9-10-27-30(35-25)31(37-36-27)28-15-24-23(20-11-12-39-18-20)7-4-8-26(24)34-28/h4,7-12,14-19,34H,1-3,5-6,13H2,(H,33,38)(H,36,37). The van der Waals surface area contributed by atoms with Gasteiger partial charge >= 0.3 is 0 Å². The number of hydrogen-bond donors (Lipinski definition) is 3. The summed E-state index contributed by atoms with van der Waals surface area (Å²) in [7, 11) is 0. The van der Waals surface area contributed by atoms with Crippen LogP contribution in [0.1, 0.15) is 38.5 Å². The zero-order valence-electron chi connectivity index (χ0n) is 21.4. The highest BCUT2D eigenvalue weighted by atomic mass is 32.1. The van der Waals surface area contributed by atoms with Gasteiger partial charge in [-0.1, -0.05) is 31.4 Å². The number of hydrogen-bond acceptors (Lipinski definition) is 5. The first kappa shape index (κ1) is 23.8. The first-order valence-corrected chi connectivity index (χ1v) is 14.4. The lowest BCUT2D eigenvalue weighted by Gasteiger charge is -2.20. The summed E-state index contributed by atoms with van der Waals surface area (Å²) < 4.78 is 0. The van der Waals surface area contributed by atoms with E-state index >= 15 is 0 Å². The summed E-state index contributed by atoms with van der Waals surface area (Å²) in [4.78, 5) is 25.6. The van der Waals surface area contributed by atoms with Gasteiger partial charge in [0.2, 0.25) is 5.91 Å². The van der Waals surface area contributed by atoms with Gasteiger partial charge < -0.3 is 10.3 Å². The van der Waals surface area contributed by atoms with Gasteiger partial charge in [0.15, 0.2) is 0 Å². The number of H-pyrrole nitrogens is 2. The summed E-state index contributed by atoms with van der Waals surface area (Å²) in [6.07, 6.45) is 10.1. The number of thiophene rings is 1. The Morgan fingerprint density at radius 3 is 2.79 bits per heavy atom. The van der Waals surface area contributed by atoms with Crippen LogP contribution in [0.4, 0.5) is 5.69 Å². The van der Waals surface area contributed by atoms with Crippen molar-refractivity contribution in [2.75, 3.05) is 5.32 Å². The molecule has 3 N–H and O–H groups in total. The largest absolute Gasteiger partial charge is 0.353 e. The zero-order valence-corrected chi connectivity index (χ0v) is 22.2. The Hall–Kier alpha value is -4.30.